The molecule has 1 aliphatic rings. The molecule has 0 unspecified atom stereocenters. The van der Waals surface area contributed by atoms with Crippen molar-refractivity contribution < 1.29 is 9.90 Å². The van der Waals surface area contributed by atoms with Crippen LogP contribution in [-0.4, -0.2) is 11.1 Å². The van der Waals surface area contributed by atoms with Crippen molar-refractivity contribution in [1.82, 2.24) is 0 Å². The lowest BCUT2D eigenvalue weighted by atomic mass is 10.3. The van der Waals surface area contributed by atoms with E-state index in [4.69, 9.17) is 5.11 Å². The summed E-state index contributed by atoms with van der Waals surface area (Å²) in [6.45, 7) is 0. The molecule has 0 saturated carbocycles. The first-order valence-corrected chi connectivity index (χ1v) is 3.36. The number of rotatable bonds is 1. The summed E-state index contributed by atoms with van der Waals surface area (Å²) >= 11 is 0. The minimum atomic E-state index is -0.875. The van der Waals surface area contributed by atoms with Crippen LogP contribution in [-0.2, 0) is 4.79 Å². The maximum atomic E-state index is 10.0. The average Bonchev–Trinajstić information content (AvgIpc) is 2.39. The molecule has 2 heteroatoms. The van der Waals surface area contributed by atoms with Crippen LogP contribution < -0.4 is 0 Å². The molecule has 0 amide bonds. The third-order valence-corrected chi connectivity index (χ3v) is 1.24. The van der Waals surface area contributed by atoms with E-state index < -0.39 is 5.97 Å². The van der Waals surface area contributed by atoms with E-state index in [1.165, 1.54) is 0 Å². The first kappa shape index (κ1) is 7.62. The van der Waals surface area contributed by atoms with Crippen molar-refractivity contribution >= 4 is 5.97 Å². The Labute approximate surface area is 65.2 Å². The molecule has 1 aliphatic carbocycles. The molecular formula is C9H8O2. The van der Waals surface area contributed by atoms with E-state index in [1.54, 1.807) is 0 Å². The molecule has 1 rings (SSSR count). The second-order valence-electron chi connectivity index (χ2n) is 2.17. The van der Waals surface area contributed by atoms with Crippen molar-refractivity contribution in [3.05, 3.63) is 23.8 Å². The summed E-state index contributed by atoms with van der Waals surface area (Å²) in [6.07, 6.45) is 6.69. The Balaban J connectivity index is 2.44. The van der Waals surface area contributed by atoms with Gasteiger partial charge in [0.1, 0.15) is 6.42 Å². The smallest absolute Gasteiger partial charge is 0.315 e. The Morgan fingerprint density at radius 2 is 2.55 bits per heavy atom. The highest BCUT2D eigenvalue weighted by molar-refractivity contribution is 5.70. The predicted molar refractivity (Wildman–Crippen MR) is 41.9 cm³/mol. The molecule has 56 valence electrons. The zero-order valence-corrected chi connectivity index (χ0v) is 6.00. The van der Waals surface area contributed by atoms with Crippen molar-refractivity contribution in [3.63, 3.8) is 0 Å². The maximum absolute atomic E-state index is 10.0. The van der Waals surface area contributed by atoms with Crippen LogP contribution in [0.3, 0.4) is 0 Å². The molecule has 0 fully saturated rings. The largest absolute Gasteiger partial charge is 0.481 e. The van der Waals surface area contributed by atoms with E-state index in [-0.39, 0.29) is 6.42 Å². The number of allylic oxidation sites excluding steroid dienone is 4. The lowest BCUT2D eigenvalue weighted by Gasteiger charge is -1.80. The molecule has 2 nitrogen and oxygen atoms in total. The van der Waals surface area contributed by atoms with E-state index in [1.807, 2.05) is 18.2 Å². The summed E-state index contributed by atoms with van der Waals surface area (Å²) in [7, 11) is 0. The third kappa shape index (κ3) is 2.72. The van der Waals surface area contributed by atoms with Gasteiger partial charge in [0.2, 0.25) is 0 Å². The number of aliphatic carboxylic acids is 1. The Kier molecular flexibility index (Phi) is 2.51. The van der Waals surface area contributed by atoms with Gasteiger partial charge in [0, 0.05) is 5.57 Å². The topological polar surface area (TPSA) is 37.3 Å². The highest BCUT2D eigenvalue weighted by Crippen LogP contribution is 2.06. The van der Waals surface area contributed by atoms with Crippen LogP contribution >= 0.6 is 0 Å². The molecule has 1 N–H and O–H groups in total. The van der Waals surface area contributed by atoms with Gasteiger partial charge in [0.05, 0.1) is 0 Å². The second kappa shape index (κ2) is 3.62. The molecule has 0 saturated heterocycles. The average molecular weight is 148 g/mol. The molecule has 0 aromatic heterocycles. The quantitative estimate of drug-likeness (QED) is 0.570. The first-order chi connectivity index (χ1) is 5.29. The van der Waals surface area contributed by atoms with E-state index in [9.17, 15) is 4.79 Å². The van der Waals surface area contributed by atoms with Gasteiger partial charge in [-0.05, 0) is 6.42 Å². The minimum Gasteiger partial charge on any atom is -0.481 e. The van der Waals surface area contributed by atoms with Crippen molar-refractivity contribution in [3.8, 4) is 11.8 Å². The van der Waals surface area contributed by atoms with Gasteiger partial charge in [-0.25, -0.2) is 0 Å². The summed E-state index contributed by atoms with van der Waals surface area (Å²) in [5, 5.41) is 8.25. The Morgan fingerprint density at radius 1 is 1.73 bits per heavy atom. The van der Waals surface area contributed by atoms with Crippen LogP contribution in [0.1, 0.15) is 12.8 Å². The minimum absolute atomic E-state index is 0.0782. The summed E-state index contributed by atoms with van der Waals surface area (Å²) in [5.41, 5.74) is 0.922. The normalized spacial score (nSPS) is 13.6. The number of hydrogen-bond acceptors (Lipinski definition) is 1. The molecule has 0 aromatic carbocycles. The fourth-order valence-corrected chi connectivity index (χ4v) is 0.773. The molecule has 0 radical (unpaired) electrons. The van der Waals surface area contributed by atoms with Crippen LogP contribution in [0.5, 0.6) is 0 Å². The van der Waals surface area contributed by atoms with Crippen molar-refractivity contribution in [2.24, 2.45) is 0 Å². The van der Waals surface area contributed by atoms with Crippen LogP contribution in [0.2, 0.25) is 0 Å². The van der Waals surface area contributed by atoms with Crippen molar-refractivity contribution in [2.75, 3.05) is 0 Å². The standard InChI is InChI=1S/C9H8O2/c10-9(11)7-3-6-8-4-1-2-5-8/h1,4-5H,2,7H2,(H,10,11). The van der Waals surface area contributed by atoms with Crippen LogP contribution in [0.25, 0.3) is 0 Å². The van der Waals surface area contributed by atoms with E-state index in [2.05, 4.69) is 11.8 Å². The molecule has 0 aliphatic heterocycles. The van der Waals surface area contributed by atoms with Gasteiger partial charge in [0.15, 0.2) is 0 Å². The highest BCUT2D eigenvalue weighted by atomic mass is 16.4. The van der Waals surface area contributed by atoms with Gasteiger partial charge in [-0.15, -0.1) is 0 Å². The molecule has 11 heavy (non-hydrogen) atoms. The molecule has 0 aromatic rings. The van der Waals surface area contributed by atoms with Crippen LogP contribution in [0.4, 0.5) is 0 Å². The highest BCUT2D eigenvalue weighted by Gasteiger charge is 1.92. The van der Waals surface area contributed by atoms with Crippen LogP contribution in [0, 0.1) is 11.8 Å². The molecule has 0 spiro atoms. The lowest BCUT2D eigenvalue weighted by molar-refractivity contribution is -0.135. The van der Waals surface area contributed by atoms with Gasteiger partial charge >= 0.3 is 5.97 Å². The Hall–Kier alpha value is -1.49. The SMILES string of the molecule is O=C(O)CC#CC1=CCC=C1. The first-order valence-electron chi connectivity index (χ1n) is 3.36. The molecule has 0 bridgehead atoms. The van der Waals surface area contributed by atoms with E-state index in [0.717, 1.165) is 12.0 Å². The molecule has 0 heterocycles. The number of carbonyl (C=O) groups is 1. The number of carboxylic acid groups (broad SMARTS) is 1. The maximum Gasteiger partial charge on any atom is 0.315 e. The van der Waals surface area contributed by atoms with Gasteiger partial charge in [-0.2, -0.15) is 0 Å². The number of hydrogen-bond donors (Lipinski definition) is 1. The summed E-state index contributed by atoms with van der Waals surface area (Å²) in [6, 6.07) is 0. The Bertz CT molecular complexity index is 274. The fraction of sp³-hybridized carbons (Fsp3) is 0.222. The zero-order chi connectivity index (χ0) is 8.10. The fourth-order valence-electron chi connectivity index (χ4n) is 0.773. The summed E-state index contributed by atoms with van der Waals surface area (Å²) in [4.78, 5) is 10.0. The number of carboxylic acids is 1. The molecule has 0 atom stereocenters. The van der Waals surface area contributed by atoms with Gasteiger partial charge < -0.3 is 5.11 Å². The van der Waals surface area contributed by atoms with Crippen molar-refractivity contribution in [2.45, 2.75) is 12.8 Å². The third-order valence-electron chi connectivity index (χ3n) is 1.24. The predicted octanol–water partition coefficient (Wildman–Crippen LogP) is 1.35. The van der Waals surface area contributed by atoms with E-state index >= 15 is 0 Å². The monoisotopic (exact) mass is 148 g/mol. The zero-order valence-electron chi connectivity index (χ0n) is 6.00. The van der Waals surface area contributed by atoms with Crippen LogP contribution in [0.15, 0.2) is 23.8 Å². The summed E-state index contributed by atoms with van der Waals surface area (Å²) < 4.78 is 0. The Morgan fingerprint density at radius 3 is 3.09 bits per heavy atom. The van der Waals surface area contributed by atoms with Gasteiger partial charge in [-0.1, -0.05) is 30.1 Å². The van der Waals surface area contributed by atoms with Crippen molar-refractivity contribution in [1.29, 1.82) is 0 Å². The second-order valence-corrected chi connectivity index (χ2v) is 2.17. The summed E-state index contributed by atoms with van der Waals surface area (Å²) in [5.74, 6) is 4.44. The lowest BCUT2D eigenvalue weighted by Crippen LogP contribution is -1.90. The van der Waals surface area contributed by atoms with E-state index in [0.29, 0.717) is 0 Å². The molecular weight excluding hydrogens is 140 g/mol. The van der Waals surface area contributed by atoms with Gasteiger partial charge in [0.25, 0.3) is 0 Å². The van der Waals surface area contributed by atoms with Gasteiger partial charge in [-0.3, -0.25) is 4.79 Å².